The van der Waals surface area contributed by atoms with Crippen molar-refractivity contribution < 1.29 is 38.7 Å². The van der Waals surface area contributed by atoms with Crippen LogP contribution in [-0.2, 0) is 24.0 Å². The summed E-state index contributed by atoms with van der Waals surface area (Å²) in [7, 11) is 0. The van der Waals surface area contributed by atoms with Crippen molar-refractivity contribution in [3.05, 3.63) is 35.4 Å². The molecule has 0 aliphatic carbocycles. The number of hydrogen-bond acceptors (Lipinski definition) is 9. The molecule has 2 aliphatic rings. The Hall–Kier alpha value is -3.51. The number of ether oxygens (including phenoxy) is 2. The lowest BCUT2D eigenvalue weighted by Gasteiger charge is -2.33. The first-order valence-electron chi connectivity index (χ1n) is 12.8. The lowest BCUT2D eigenvalue weighted by atomic mass is 9.97. The molecule has 0 radical (unpaired) electrons. The first-order chi connectivity index (χ1) is 18.3. The van der Waals surface area contributed by atoms with Crippen LogP contribution in [0.25, 0.3) is 0 Å². The number of likely N-dealkylation sites (tertiary alicyclic amines) is 2. The molecule has 2 fully saturated rings. The number of piperidine rings is 2. The Labute approximate surface area is 221 Å². The summed E-state index contributed by atoms with van der Waals surface area (Å²) in [6, 6.07) is 6.77. The van der Waals surface area contributed by atoms with Crippen molar-refractivity contribution in [3.63, 3.8) is 0 Å². The van der Waals surface area contributed by atoms with Crippen molar-refractivity contribution in [3.8, 4) is 0 Å². The Kier molecular flexibility index (Phi) is 11.0. The average molecular weight is 533 g/mol. The van der Waals surface area contributed by atoms with Gasteiger partial charge < -0.3 is 29.3 Å². The summed E-state index contributed by atoms with van der Waals surface area (Å²) in [6.45, 7) is 3.60. The number of ketones is 1. The minimum Gasteiger partial charge on any atom is -0.465 e. The van der Waals surface area contributed by atoms with Gasteiger partial charge in [0, 0.05) is 50.0 Å². The van der Waals surface area contributed by atoms with Gasteiger partial charge in [-0.15, -0.1) is 5.90 Å². The zero-order valence-electron chi connectivity index (χ0n) is 21.6. The van der Waals surface area contributed by atoms with Crippen molar-refractivity contribution in [2.45, 2.75) is 45.1 Å². The van der Waals surface area contributed by atoms with Crippen molar-refractivity contribution >= 4 is 30.0 Å². The zero-order chi connectivity index (χ0) is 27.5. The molecule has 208 valence electrons. The van der Waals surface area contributed by atoms with E-state index in [9.17, 15) is 19.2 Å². The quantitative estimate of drug-likeness (QED) is 0.188. The van der Waals surface area contributed by atoms with Crippen LogP contribution in [0.2, 0.25) is 0 Å². The third-order valence-corrected chi connectivity index (χ3v) is 6.87. The van der Waals surface area contributed by atoms with E-state index >= 15 is 0 Å². The molecule has 2 saturated heterocycles. The molecule has 38 heavy (non-hydrogen) atoms. The molecule has 0 bridgehead atoms. The molecule has 1 unspecified atom stereocenters. The SMILES string of the molecule is C[C@H](CC(=O)c1ccc(C=NON)cc1)C(=O)N1CCC(OCC(=O)OCC2CCCN(C(=O)O)C2)CC1. The Bertz CT molecular complexity index is 991. The number of rotatable bonds is 11. The molecule has 2 heterocycles. The van der Waals surface area contributed by atoms with E-state index in [0.29, 0.717) is 44.6 Å². The van der Waals surface area contributed by atoms with Crippen molar-refractivity contribution in [2.75, 3.05) is 39.4 Å². The second kappa shape index (κ2) is 14.4. The molecule has 2 aliphatic heterocycles. The maximum absolute atomic E-state index is 12.9. The Balaban J connectivity index is 1.34. The van der Waals surface area contributed by atoms with E-state index in [1.54, 1.807) is 36.1 Å². The monoisotopic (exact) mass is 532 g/mol. The van der Waals surface area contributed by atoms with Crippen LogP contribution < -0.4 is 5.90 Å². The number of benzene rings is 1. The van der Waals surface area contributed by atoms with Crippen molar-refractivity contribution in [2.24, 2.45) is 22.9 Å². The summed E-state index contributed by atoms with van der Waals surface area (Å²) in [6.07, 6.45) is 3.16. The first kappa shape index (κ1) is 29.1. The van der Waals surface area contributed by atoms with Crippen LogP contribution in [-0.4, -0.2) is 90.4 Å². The number of Topliss-reactive ketones (excluding diaryl/α,β-unsaturated/α-hetero) is 1. The number of esters is 1. The highest BCUT2D eigenvalue weighted by molar-refractivity contribution is 5.99. The number of carboxylic acid groups (broad SMARTS) is 1. The van der Waals surface area contributed by atoms with E-state index in [-0.39, 0.29) is 43.3 Å². The van der Waals surface area contributed by atoms with Gasteiger partial charge in [-0.05, 0) is 31.2 Å². The minimum atomic E-state index is -0.953. The van der Waals surface area contributed by atoms with Crippen molar-refractivity contribution in [1.29, 1.82) is 0 Å². The van der Waals surface area contributed by atoms with Crippen LogP contribution in [0.4, 0.5) is 4.79 Å². The predicted octanol–water partition coefficient (Wildman–Crippen LogP) is 2.06. The number of hydrogen-bond donors (Lipinski definition) is 2. The lowest BCUT2D eigenvalue weighted by molar-refractivity contribution is -0.155. The lowest BCUT2D eigenvalue weighted by Crippen LogP contribution is -2.44. The molecule has 3 rings (SSSR count). The van der Waals surface area contributed by atoms with Crippen LogP contribution in [0, 0.1) is 11.8 Å². The summed E-state index contributed by atoms with van der Waals surface area (Å²) < 4.78 is 11.0. The molecular formula is C26H36N4O8. The fraction of sp³-hybridized carbons (Fsp3) is 0.577. The van der Waals surface area contributed by atoms with Crippen LogP contribution in [0.1, 0.15) is 54.9 Å². The van der Waals surface area contributed by atoms with Gasteiger partial charge in [-0.1, -0.05) is 36.3 Å². The molecule has 0 saturated carbocycles. The summed E-state index contributed by atoms with van der Waals surface area (Å²) in [5, 5.41) is 12.6. The Morgan fingerprint density at radius 2 is 1.82 bits per heavy atom. The number of nitrogens with zero attached hydrogens (tertiary/aromatic N) is 3. The van der Waals surface area contributed by atoms with Gasteiger partial charge in [0.15, 0.2) is 5.78 Å². The summed E-state index contributed by atoms with van der Waals surface area (Å²) in [4.78, 5) is 56.0. The van der Waals surface area contributed by atoms with Gasteiger partial charge in [0.2, 0.25) is 5.91 Å². The van der Waals surface area contributed by atoms with Crippen LogP contribution in [0.15, 0.2) is 29.4 Å². The first-order valence-corrected chi connectivity index (χ1v) is 12.8. The van der Waals surface area contributed by atoms with E-state index < -0.39 is 18.0 Å². The van der Waals surface area contributed by atoms with Crippen LogP contribution >= 0.6 is 0 Å². The molecule has 1 aromatic carbocycles. The second-order valence-corrected chi connectivity index (χ2v) is 9.75. The zero-order valence-corrected chi connectivity index (χ0v) is 21.6. The number of carbonyl (C=O) groups excluding carboxylic acids is 3. The molecule has 0 spiro atoms. The van der Waals surface area contributed by atoms with Gasteiger partial charge in [0.05, 0.1) is 18.9 Å². The third-order valence-electron chi connectivity index (χ3n) is 6.87. The van der Waals surface area contributed by atoms with Gasteiger partial charge in [-0.3, -0.25) is 9.59 Å². The average Bonchev–Trinajstić information content (AvgIpc) is 2.94. The summed E-state index contributed by atoms with van der Waals surface area (Å²) in [5.41, 5.74) is 1.24. The number of oxime groups is 1. The maximum Gasteiger partial charge on any atom is 0.407 e. The Morgan fingerprint density at radius 3 is 2.47 bits per heavy atom. The molecule has 1 aromatic rings. The van der Waals surface area contributed by atoms with Crippen LogP contribution in [0.3, 0.4) is 0 Å². The largest absolute Gasteiger partial charge is 0.465 e. The minimum absolute atomic E-state index is 0.00262. The van der Waals surface area contributed by atoms with Crippen molar-refractivity contribution in [1.82, 2.24) is 9.80 Å². The van der Waals surface area contributed by atoms with Gasteiger partial charge >= 0.3 is 12.1 Å². The number of carbonyl (C=O) groups is 4. The van der Waals surface area contributed by atoms with E-state index in [2.05, 4.69) is 10.1 Å². The van der Waals surface area contributed by atoms with Crippen LogP contribution in [0.5, 0.6) is 0 Å². The molecular weight excluding hydrogens is 496 g/mol. The summed E-state index contributed by atoms with van der Waals surface area (Å²) in [5.74, 6) is 3.71. The normalized spacial score (nSPS) is 19.3. The van der Waals surface area contributed by atoms with E-state index in [4.69, 9.17) is 20.5 Å². The smallest absolute Gasteiger partial charge is 0.407 e. The molecule has 2 atom stereocenters. The topological polar surface area (TPSA) is 161 Å². The summed E-state index contributed by atoms with van der Waals surface area (Å²) >= 11 is 0. The maximum atomic E-state index is 12.9. The third kappa shape index (κ3) is 8.80. The highest BCUT2D eigenvalue weighted by Crippen LogP contribution is 2.20. The molecule has 3 N–H and O–H groups in total. The van der Waals surface area contributed by atoms with E-state index in [1.807, 2.05) is 0 Å². The standard InChI is InChI=1S/C26H36N4O8/c1-18(13-23(31)21-6-4-19(5-7-21)14-28-38-27)25(33)29-11-8-22(9-12-29)36-17-24(32)37-16-20-3-2-10-30(15-20)26(34)35/h4-7,14,18,20,22H,2-3,8-13,15-17,27H2,1H3,(H,34,35)/t18-,20?/m1/s1. The predicted molar refractivity (Wildman–Crippen MR) is 136 cm³/mol. The Morgan fingerprint density at radius 1 is 1.11 bits per heavy atom. The number of amides is 2. The fourth-order valence-corrected chi connectivity index (χ4v) is 4.70. The van der Waals surface area contributed by atoms with E-state index in [0.717, 1.165) is 18.4 Å². The van der Waals surface area contributed by atoms with E-state index in [1.165, 1.54) is 11.1 Å². The molecule has 0 aromatic heterocycles. The number of nitrogens with two attached hydrogens (primary N) is 1. The highest BCUT2D eigenvalue weighted by atomic mass is 16.7. The molecule has 12 nitrogen and oxygen atoms in total. The fourth-order valence-electron chi connectivity index (χ4n) is 4.70. The molecule has 12 heteroatoms. The highest BCUT2D eigenvalue weighted by Gasteiger charge is 2.29. The van der Waals surface area contributed by atoms with Gasteiger partial charge in [-0.25, -0.2) is 9.59 Å². The second-order valence-electron chi connectivity index (χ2n) is 9.75. The van der Waals surface area contributed by atoms with Gasteiger partial charge in [0.1, 0.15) is 6.61 Å². The van der Waals surface area contributed by atoms with Gasteiger partial charge in [0.25, 0.3) is 0 Å². The van der Waals surface area contributed by atoms with Gasteiger partial charge in [-0.2, -0.15) is 0 Å². The molecule has 2 amide bonds.